The first-order valence-corrected chi connectivity index (χ1v) is 6.70. The SMILES string of the molecule is CCC(CC)(OC)C(NN)c1cc2ccccc2o1. The van der Waals surface area contributed by atoms with Crippen molar-refractivity contribution in [1.29, 1.82) is 0 Å². The lowest BCUT2D eigenvalue weighted by Crippen LogP contribution is -2.47. The fourth-order valence-electron chi connectivity index (χ4n) is 2.70. The molecule has 2 aromatic rings. The van der Waals surface area contributed by atoms with E-state index in [-0.39, 0.29) is 11.6 Å². The van der Waals surface area contributed by atoms with E-state index in [0.29, 0.717) is 0 Å². The standard InChI is InChI=1S/C15H22N2O2/c1-4-15(5-2,18-3)14(17-16)13-10-11-8-6-7-9-12(11)19-13/h6-10,14,17H,4-5,16H2,1-3H3. The number of nitrogens with one attached hydrogen (secondary N) is 1. The fraction of sp³-hybridized carbons (Fsp3) is 0.467. The van der Waals surface area contributed by atoms with E-state index in [0.717, 1.165) is 29.6 Å². The molecular weight excluding hydrogens is 240 g/mol. The van der Waals surface area contributed by atoms with Crippen LogP contribution in [0.2, 0.25) is 0 Å². The third-order valence-corrected chi connectivity index (χ3v) is 4.03. The summed E-state index contributed by atoms with van der Waals surface area (Å²) in [6.07, 6.45) is 1.71. The van der Waals surface area contributed by atoms with Crippen LogP contribution in [0.5, 0.6) is 0 Å². The van der Waals surface area contributed by atoms with Gasteiger partial charge in [0.2, 0.25) is 0 Å². The summed E-state index contributed by atoms with van der Waals surface area (Å²) < 4.78 is 11.6. The second-order valence-corrected chi connectivity index (χ2v) is 4.76. The monoisotopic (exact) mass is 262 g/mol. The topological polar surface area (TPSA) is 60.4 Å². The summed E-state index contributed by atoms with van der Waals surface area (Å²) in [7, 11) is 1.72. The molecule has 0 aliphatic heterocycles. The third-order valence-electron chi connectivity index (χ3n) is 4.03. The number of nitrogens with two attached hydrogens (primary N) is 1. The lowest BCUT2D eigenvalue weighted by Gasteiger charge is -2.36. The highest BCUT2D eigenvalue weighted by molar-refractivity contribution is 5.77. The summed E-state index contributed by atoms with van der Waals surface area (Å²) in [4.78, 5) is 0. The van der Waals surface area contributed by atoms with E-state index < -0.39 is 0 Å². The van der Waals surface area contributed by atoms with Crippen molar-refractivity contribution in [3.8, 4) is 0 Å². The van der Waals surface area contributed by atoms with E-state index in [1.807, 2.05) is 30.3 Å². The van der Waals surface area contributed by atoms with Crippen LogP contribution in [-0.4, -0.2) is 12.7 Å². The van der Waals surface area contributed by atoms with Crippen LogP contribution in [-0.2, 0) is 4.74 Å². The van der Waals surface area contributed by atoms with E-state index in [1.54, 1.807) is 7.11 Å². The van der Waals surface area contributed by atoms with Gasteiger partial charge in [-0.25, -0.2) is 5.43 Å². The summed E-state index contributed by atoms with van der Waals surface area (Å²) in [5.74, 6) is 6.56. The van der Waals surface area contributed by atoms with Crippen molar-refractivity contribution in [2.45, 2.75) is 38.3 Å². The van der Waals surface area contributed by atoms with Crippen molar-refractivity contribution in [2.24, 2.45) is 5.84 Å². The van der Waals surface area contributed by atoms with Crippen LogP contribution in [0.4, 0.5) is 0 Å². The first-order chi connectivity index (χ1) is 9.20. The lowest BCUT2D eigenvalue weighted by atomic mass is 9.87. The molecule has 4 nitrogen and oxygen atoms in total. The van der Waals surface area contributed by atoms with Gasteiger partial charge in [0.25, 0.3) is 0 Å². The Hall–Kier alpha value is -1.36. The highest BCUT2D eigenvalue weighted by atomic mass is 16.5. The maximum atomic E-state index is 5.91. The summed E-state index contributed by atoms with van der Waals surface area (Å²) >= 11 is 0. The molecular formula is C15H22N2O2. The van der Waals surface area contributed by atoms with Gasteiger partial charge in [0.1, 0.15) is 17.4 Å². The Kier molecular flexibility index (Phi) is 4.24. The first kappa shape index (κ1) is 14.1. The van der Waals surface area contributed by atoms with E-state index in [9.17, 15) is 0 Å². The van der Waals surface area contributed by atoms with Crippen LogP contribution in [0.1, 0.15) is 38.5 Å². The Morgan fingerprint density at radius 2 is 2.00 bits per heavy atom. The molecule has 2 rings (SSSR count). The Bertz CT molecular complexity index is 490. The summed E-state index contributed by atoms with van der Waals surface area (Å²) in [6, 6.07) is 9.80. The number of hydrazine groups is 1. The summed E-state index contributed by atoms with van der Waals surface area (Å²) in [5.41, 5.74) is 3.37. The van der Waals surface area contributed by atoms with Gasteiger partial charge in [0.05, 0.1) is 5.60 Å². The molecule has 0 spiro atoms. The van der Waals surface area contributed by atoms with Crippen LogP contribution in [0.3, 0.4) is 0 Å². The third kappa shape index (κ3) is 2.39. The highest BCUT2D eigenvalue weighted by Gasteiger charge is 2.38. The molecule has 0 aliphatic rings. The van der Waals surface area contributed by atoms with Crippen LogP contribution in [0, 0.1) is 0 Å². The predicted octanol–water partition coefficient (Wildman–Crippen LogP) is 3.14. The molecule has 0 saturated carbocycles. The van der Waals surface area contributed by atoms with Gasteiger partial charge in [0.15, 0.2) is 0 Å². The van der Waals surface area contributed by atoms with Crippen molar-refractivity contribution >= 4 is 11.0 Å². The van der Waals surface area contributed by atoms with Crippen molar-refractivity contribution in [3.05, 3.63) is 36.1 Å². The number of furan rings is 1. The van der Waals surface area contributed by atoms with Gasteiger partial charge in [-0.1, -0.05) is 32.0 Å². The number of methoxy groups -OCH3 is 1. The molecule has 4 heteroatoms. The maximum absolute atomic E-state index is 5.91. The molecule has 3 N–H and O–H groups in total. The van der Waals surface area contributed by atoms with Crippen LogP contribution in [0.15, 0.2) is 34.7 Å². The minimum absolute atomic E-state index is 0.167. The van der Waals surface area contributed by atoms with E-state index >= 15 is 0 Å². The van der Waals surface area contributed by atoms with Crippen molar-refractivity contribution in [1.82, 2.24) is 5.43 Å². The predicted molar refractivity (Wildman–Crippen MR) is 76.6 cm³/mol. The Labute approximate surface area is 113 Å². The van der Waals surface area contributed by atoms with Crippen molar-refractivity contribution in [2.75, 3.05) is 7.11 Å². The minimum Gasteiger partial charge on any atom is -0.459 e. The van der Waals surface area contributed by atoms with Gasteiger partial charge in [-0.2, -0.15) is 0 Å². The van der Waals surface area contributed by atoms with Crippen LogP contribution >= 0.6 is 0 Å². The molecule has 1 aromatic carbocycles. The molecule has 0 bridgehead atoms. The van der Waals surface area contributed by atoms with Gasteiger partial charge in [-0.3, -0.25) is 5.84 Å². The molecule has 1 aromatic heterocycles. The molecule has 0 amide bonds. The smallest absolute Gasteiger partial charge is 0.134 e. The summed E-state index contributed by atoms with van der Waals surface area (Å²) in [6.45, 7) is 4.19. The second-order valence-electron chi connectivity index (χ2n) is 4.76. The van der Waals surface area contributed by atoms with Gasteiger partial charge in [0, 0.05) is 12.5 Å². The number of hydrogen-bond acceptors (Lipinski definition) is 4. The molecule has 1 heterocycles. The molecule has 1 atom stereocenters. The normalized spacial score (nSPS) is 13.9. The molecule has 104 valence electrons. The highest BCUT2D eigenvalue weighted by Crippen LogP contribution is 2.36. The van der Waals surface area contributed by atoms with Gasteiger partial charge in [-0.15, -0.1) is 0 Å². The first-order valence-electron chi connectivity index (χ1n) is 6.70. The number of para-hydroxylation sites is 1. The number of rotatable bonds is 6. The average Bonchev–Trinajstić information content (AvgIpc) is 2.88. The van der Waals surface area contributed by atoms with E-state index in [2.05, 4.69) is 19.3 Å². The fourth-order valence-corrected chi connectivity index (χ4v) is 2.70. The Morgan fingerprint density at radius 1 is 1.32 bits per heavy atom. The second kappa shape index (κ2) is 5.74. The number of ether oxygens (including phenoxy) is 1. The van der Waals surface area contributed by atoms with Crippen LogP contribution < -0.4 is 11.3 Å². The molecule has 0 aliphatic carbocycles. The lowest BCUT2D eigenvalue weighted by molar-refractivity contribution is -0.0533. The van der Waals surface area contributed by atoms with E-state index in [4.69, 9.17) is 15.0 Å². The van der Waals surface area contributed by atoms with Gasteiger partial charge in [-0.05, 0) is 25.0 Å². The van der Waals surface area contributed by atoms with Crippen molar-refractivity contribution < 1.29 is 9.15 Å². The Morgan fingerprint density at radius 3 is 2.53 bits per heavy atom. The number of benzene rings is 1. The summed E-state index contributed by atoms with van der Waals surface area (Å²) in [5, 5.41) is 1.08. The zero-order valence-corrected chi connectivity index (χ0v) is 11.8. The molecule has 0 radical (unpaired) electrons. The number of fused-ring (bicyclic) bond motifs is 1. The zero-order chi connectivity index (χ0) is 13.9. The molecule has 0 fully saturated rings. The van der Waals surface area contributed by atoms with E-state index in [1.165, 1.54) is 0 Å². The van der Waals surface area contributed by atoms with Crippen LogP contribution in [0.25, 0.3) is 11.0 Å². The molecule has 19 heavy (non-hydrogen) atoms. The molecule has 0 saturated heterocycles. The van der Waals surface area contributed by atoms with Gasteiger partial charge < -0.3 is 9.15 Å². The molecule has 1 unspecified atom stereocenters. The Balaban J connectivity index is 2.45. The van der Waals surface area contributed by atoms with Gasteiger partial charge >= 0.3 is 0 Å². The maximum Gasteiger partial charge on any atom is 0.134 e. The minimum atomic E-state index is -0.359. The average molecular weight is 262 g/mol. The number of hydrogen-bond donors (Lipinski definition) is 2. The zero-order valence-electron chi connectivity index (χ0n) is 11.8. The largest absolute Gasteiger partial charge is 0.459 e. The quantitative estimate of drug-likeness (QED) is 0.620. The van der Waals surface area contributed by atoms with Crippen molar-refractivity contribution in [3.63, 3.8) is 0 Å².